The SMILES string of the molecule is CCCC[C@H](CNC)COC(=O)[C@]12O[C@@]1(CC(CO)=C(C)CCC1CCNC(N)C1)C(=O)C1CCCCC1C2=O. The number of ketones is 2. The van der Waals surface area contributed by atoms with Crippen LogP contribution in [0.2, 0.25) is 0 Å². The molecule has 4 aliphatic rings. The molecule has 0 aromatic heterocycles. The van der Waals surface area contributed by atoms with Crippen LogP contribution in [0.15, 0.2) is 11.1 Å². The number of hydrogen-bond donors (Lipinski definition) is 4. The van der Waals surface area contributed by atoms with Crippen molar-refractivity contribution in [2.24, 2.45) is 29.4 Å². The molecular weight excluding hydrogens is 510 g/mol. The molecule has 0 aromatic rings. The molecule has 0 amide bonds. The van der Waals surface area contributed by atoms with Crippen LogP contribution in [0, 0.1) is 23.7 Å². The first-order valence-corrected chi connectivity index (χ1v) is 15.6. The Balaban J connectivity index is 1.55. The van der Waals surface area contributed by atoms with Crippen LogP contribution in [0.25, 0.3) is 0 Å². The summed E-state index contributed by atoms with van der Waals surface area (Å²) in [4.78, 5) is 41.8. The maximum absolute atomic E-state index is 14.1. The van der Waals surface area contributed by atoms with Gasteiger partial charge in [-0.2, -0.15) is 0 Å². The van der Waals surface area contributed by atoms with Crippen LogP contribution in [-0.4, -0.2) is 73.4 Å². The second kappa shape index (κ2) is 13.6. The number of hydrogen-bond acceptors (Lipinski definition) is 9. The number of aliphatic hydroxyl groups excluding tert-OH is 1. The highest BCUT2D eigenvalue weighted by molar-refractivity contribution is 6.23. The number of esters is 1. The average molecular weight is 562 g/mol. The number of piperidine rings is 1. The predicted molar refractivity (Wildman–Crippen MR) is 152 cm³/mol. The number of carbonyl (C=O) groups is 3. The topological polar surface area (TPSA) is 143 Å². The maximum atomic E-state index is 14.1. The van der Waals surface area contributed by atoms with Crippen molar-refractivity contribution in [1.82, 2.24) is 10.6 Å². The Morgan fingerprint density at radius 2 is 1.95 bits per heavy atom. The van der Waals surface area contributed by atoms with Gasteiger partial charge in [-0.15, -0.1) is 0 Å². The third kappa shape index (κ3) is 6.09. The highest BCUT2D eigenvalue weighted by Crippen LogP contribution is 2.62. The van der Waals surface area contributed by atoms with Gasteiger partial charge in [0.25, 0.3) is 5.60 Å². The van der Waals surface area contributed by atoms with Crippen LogP contribution >= 0.6 is 0 Å². The summed E-state index contributed by atoms with van der Waals surface area (Å²) in [7, 11) is 1.87. The molecule has 5 N–H and O–H groups in total. The van der Waals surface area contributed by atoms with E-state index in [0.29, 0.717) is 30.9 Å². The fraction of sp³-hybridized carbons (Fsp3) is 0.839. The Hall–Kier alpha value is -1.65. The molecule has 4 unspecified atom stereocenters. The zero-order valence-corrected chi connectivity index (χ0v) is 24.8. The lowest BCUT2D eigenvalue weighted by molar-refractivity contribution is -0.159. The number of aliphatic hydroxyl groups is 1. The molecule has 2 heterocycles. The molecule has 4 rings (SSSR count). The molecule has 7 atom stereocenters. The third-order valence-corrected chi connectivity index (χ3v) is 9.97. The van der Waals surface area contributed by atoms with Gasteiger partial charge in [0.15, 0.2) is 17.2 Å². The van der Waals surface area contributed by atoms with Gasteiger partial charge in [0.1, 0.15) is 0 Å². The number of nitrogens with one attached hydrogen (secondary N) is 2. The molecule has 0 bridgehead atoms. The van der Waals surface area contributed by atoms with E-state index in [4.69, 9.17) is 15.2 Å². The Labute approximate surface area is 239 Å². The molecule has 2 saturated heterocycles. The summed E-state index contributed by atoms with van der Waals surface area (Å²) >= 11 is 0. The Bertz CT molecular complexity index is 969. The van der Waals surface area contributed by atoms with Gasteiger partial charge in [0.05, 0.1) is 19.4 Å². The van der Waals surface area contributed by atoms with Crippen molar-refractivity contribution >= 4 is 17.5 Å². The summed E-state index contributed by atoms with van der Waals surface area (Å²) in [6, 6.07) is 0. The van der Waals surface area contributed by atoms with Crippen LogP contribution in [0.5, 0.6) is 0 Å². The number of nitrogens with two attached hydrogens (primary N) is 1. The maximum Gasteiger partial charge on any atom is 0.350 e. The molecule has 9 heteroatoms. The van der Waals surface area contributed by atoms with Crippen molar-refractivity contribution in [3.63, 3.8) is 0 Å². The van der Waals surface area contributed by atoms with E-state index in [-0.39, 0.29) is 43.3 Å². The molecule has 2 saturated carbocycles. The van der Waals surface area contributed by atoms with Crippen molar-refractivity contribution in [3.8, 4) is 0 Å². The first-order chi connectivity index (χ1) is 19.2. The van der Waals surface area contributed by atoms with E-state index >= 15 is 0 Å². The quantitative estimate of drug-likeness (QED) is 0.109. The summed E-state index contributed by atoms with van der Waals surface area (Å²) in [6.07, 6.45) is 9.68. The Kier molecular flexibility index (Phi) is 10.6. The van der Waals surface area contributed by atoms with E-state index in [9.17, 15) is 19.5 Å². The molecule has 4 fully saturated rings. The fourth-order valence-corrected chi connectivity index (χ4v) is 7.44. The minimum Gasteiger partial charge on any atom is -0.463 e. The van der Waals surface area contributed by atoms with Crippen LogP contribution in [0.1, 0.15) is 90.9 Å². The van der Waals surface area contributed by atoms with E-state index in [1.54, 1.807) is 0 Å². The second-order valence-corrected chi connectivity index (χ2v) is 12.7. The number of unbranched alkanes of at least 4 members (excludes halogenated alkanes) is 1. The molecule has 40 heavy (non-hydrogen) atoms. The minimum atomic E-state index is -1.89. The van der Waals surface area contributed by atoms with Gasteiger partial charge in [-0.25, -0.2) is 4.79 Å². The molecule has 0 spiro atoms. The summed E-state index contributed by atoms with van der Waals surface area (Å²) in [5, 5.41) is 16.8. The van der Waals surface area contributed by atoms with Crippen molar-refractivity contribution in [3.05, 3.63) is 11.1 Å². The summed E-state index contributed by atoms with van der Waals surface area (Å²) in [5.41, 5.74) is 4.28. The van der Waals surface area contributed by atoms with E-state index in [2.05, 4.69) is 17.6 Å². The van der Waals surface area contributed by atoms with Gasteiger partial charge < -0.3 is 30.9 Å². The van der Waals surface area contributed by atoms with Crippen molar-refractivity contribution in [2.75, 3.05) is 33.4 Å². The number of carbonyl (C=O) groups excluding carboxylic acids is 3. The molecule has 2 aliphatic carbocycles. The monoisotopic (exact) mass is 561 g/mol. The smallest absolute Gasteiger partial charge is 0.350 e. The summed E-state index contributed by atoms with van der Waals surface area (Å²) in [6.45, 7) is 5.62. The highest BCUT2D eigenvalue weighted by Gasteiger charge is 2.87. The van der Waals surface area contributed by atoms with Crippen molar-refractivity contribution in [2.45, 2.75) is 108 Å². The molecule has 0 aromatic carbocycles. The third-order valence-electron chi connectivity index (χ3n) is 9.97. The summed E-state index contributed by atoms with van der Waals surface area (Å²) < 4.78 is 11.9. The number of fused-ring (bicyclic) bond motifs is 2. The number of rotatable bonds is 14. The molecular formula is C31H51N3O6. The van der Waals surface area contributed by atoms with Gasteiger partial charge in [-0.1, -0.05) is 38.2 Å². The lowest BCUT2D eigenvalue weighted by atomic mass is 9.60. The first kappa shape index (κ1) is 31.3. The largest absolute Gasteiger partial charge is 0.463 e. The van der Waals surface area contributed by atoms with Crippen LogP contribution in [-0.2, 0) is 23.9 Å². The molecule has 0 radical (unpaired) electrons. The van der Waals surface area contributed by atoms with Gasteiger partial charge in [-0.3, -0.25) is 9.59 Å². The van der Waals surface area contributed by atoms with E-state index in [1.165, 1.54) is 0 Å². The van der Waals surface area contributed by atoms with E-state index in [0.717, 1.165) is 69.9 Å². The highest BCUT2D eigenvalue weighted by atomic mass is 16.7. The standard InChI is InChI=1S/C31H51N3O6/c1-4-5-8-22(17-33-3)19-39-29(38)31-28(37)25-10-7-6-9-24(25)27(36)30(31,40-31)16-23(18-35)20(2)11-12-21-13-14-34-26(32)15-21/h21-22,24-26,33-35H,4-19,32H2,1-3H3/t21?,22-,24?,25?,26?,30+,31+/m1/s1. The van der Waals surface area contributed by atoms with Gasteiger partial charge >= 0.3 is 5.97 Å². The van der Waals surface area contributed by atoms with Crippen molar-refractivity contribution < 1.29 is 29.0 Å². The number of Topliss-reactive ketones (excluding diaryl/α,β-unsaturated/α-hetero) is 2. The van der Waals surface area contributed by atoms with Gasteiger partial charge in [0, 0.05) is 30.7 Å². The number of epoxide rings is 1. The van der Waals surface area contributed by atoms with E-state index < -0.39 is 29.0 Å². The Morgan fingerprint density at radius 3 is 2.60 bits per heavy atom. The number of ether oxygens (including phenoxy) is 2. The number of allylic oxidation sites excluding steroid dienone is 1. The van der Waals surface area contributed by atoms with Crippen LogP contribution < -0.4 is 16.4 Å². The lowest BCUT2D eigenvalue weighted by Gasteiger charge is -2.37. The predicted octanol–water partition coefficient (Wildman–Crippen LogP) is 2.78. The summed E-state index contributed by atoms with van der Waals surface area (Å²) in [5.74, 6) is -1.49. The zero-order valence-electron chi connectivity index (χ0n) is 24.8. The minimum absolute atomic E-state index is 0.00900. The second-order valence-electron chi connectivity index (χ2n) is 12.7. The van der Waals surface area contributed by atoms with Crippen LogP contribution in [0.4, 0.5) is 0 Å². The normalized spacial score (nSPS) is 34.9. The van der Waals surface area contributed by atoms with E-state index in [1.807, 2.05) is 14.0 Å². The zero-order chi connectivity index (χ0) is 28.9. The first-order valence-electron chi connectivity index (χ1n) is 15.6. The van der Waals surface area contributed by atoms with Crippen molar-refractivity contribution in [1.29, 1.82) is 0 Å². The van der Waals surface area contributed by atoms with Gasteiger partial charge in [0.2, 0.25) is 0 Å². The molecule has 9 nitrogen and oxygen atoms in total. The van der Waals surface area contributed by atoms with Gasteiger partial charge in [-0.05, 0) is 77.0 Å². The van der Waals surface area contributed by atoms with Crippen LogP contribution in [0.3, 0.4) is 0 Å². The average Bonchev–Trinajstić information content (AvgIpc) is 3.66. The Morgan fingerprint density at radius 1 is 1.23 bits per heavy atom. The fourth-order valence-electron chi connectivity index (χ4n) is 7.44. The lowest BCUT2D eigenvalue weighted by Crippen LogP contribution is -2.58. The molecule has 226 valence electrons. The molecule has 2 aliphatic heterocycles.